The second kappa shape index (κ2) is 8.78. The van der Waals surface area contributed by atoms with Crippen molar-refractivity contribution in [2.45, 2.75) is 12.4 Å². The fraction of sp³-hybridized carbons (Fsp3) is 0.0870. The Balaban J connectivity index is 1.91. The summed E-state index contributed by atoms with van der Waals surface area (Å²) in [5.41, 5.74) is -2.81. The maximum atomic E-state index is 13.0. The predicted octanol–water partition coefficient (Wildman–Crippen LogP) is 6.85. The van der Waals surface area contributed by atoms with Crippen LogP contribution in [0, 0.1) is 0 Å². The first-order chi connectivity index (χ1) is 14.9. The molecule has 3 nitrogen and oxygen atoms in total. The van der Waals surface area contributed by atoms with E-state index in [0.717, 1.165) is 5.56 Å². The quantitative estimate of drug-likeness (QED) is 0.337. The molecule has 0 aliphatic heterocycles. The van der Waals surface area contributed by atoms with Crippen molar-refractivity contribution in [2.24, 2.45) is 0 Å². The zero-order valence-electron chi connectivity index (χ0n) is 16.1. The lowest BCUT2D eigenvalue weighted by Crippen LogP contribution is -2.16. The van der Waals surface area contributed by atoms with E-state index in [0.29, 0.717) is 17.7 Å². The fourth-order valence-corrected chi connectivity index (χ4v) is 2.82. The molecule has 3 aromatic rings. The molecule has 0 spiro atoms. The molecule has 0 fully saturated rings. The second-order valence-electron chi connectivity index (χ2n) is 6.77. The van der Waals surface area contributed by atoms with Crippen molar-refractivity contribution in [3.63, 3.8) is 0 Å². The van der Waals surface area contributed by atoms with E-state index in [2.05, 4.69) is 0 Å². The number of amides is 1. The highest BCUT2D eigenvalue weighted by Crippen LogP contribution is 2.37. The van der Waals surface area contributed by atoms with Crippen LogP contribution in [0.15, 0.2) is 66.7 Å². The maximum Gasteiger partial charge on any atom is 0.416 e. The third-order valence-corrected chi connectivity index (χ3v) is 4.38. The third kappa shape index (κ3) is 5.69. The van der Waals surface area contributed by atoms with Crippen molar-refractivity contribution in [3.05, 3.63) is 94.5 Å². The first kappa shape index (κ1) is 22.9. The Bertz CT molecular complexity index is 1120. The predicted molar refractivity (Wildman–Crippen MR) is 108 cm³/mol. The van der Waals surface area contributed by atoms with Gasteiger partial charge < -0.3 is 10.4 Å². The third-order valence-electron chi connectivity index (χ3n) is 4.38. The Morgan fingerprint density at radius 1 is 0.750 bits per heavy atom. The number of hydrogen-bond donors (Lipinski definition) is 2. The molecule has 0 aliphatic carbocycles. The molecule has 9 heteroatoms. The number of alkyl halides is 6. The van der Waals surface area contributed by atoms with Gasteiger partial charge in [0.25, 0.3) is 5.91 Å². The number of halogens is 6. The minimum Gasteiger partial charge on any atom is -0.507 e. The summed E-state index contributed by atoms with van der Waals surface area (Å²) in [5, 5.41) is 12.0. The summed E-state index contributed by atoms with van der Waals surface area (Å²) in [7, 11) is 0. The molecule has 1 amide bonds. The number of aromatic hydroxyl groups is 1. The second-order valence-corrected chi connectivity index (χ2v) is 6.77. The smallest absolute Gasteiger partial charge is 0.416 e. The normalized spacial score (nSPS) is 12.2. The molecular weight excluding hydrogens is 436 g/mol. The van der Waals surface area contributed by atoms with E-state index < -0.39 is 40.8 Å². The van der Waals surface area contributed by atoms with Crippen LogP contribution in [-0.4, -0.2) is 11.0 Å². The topological polar surface area (TPSA) is 49.3 Å². The van der Waals surface area contributed by atoms with E-state index in [9.17, 15) is 36.2 Å². The van der Waals surface area contributed by atoms with Crippen molar-refractivity contribution in [2.75, 3.05) is 5.32 Å². The summed E-state index contributed by atoms with van der Waals surface area (Å²) in [6, 6.07) is 13.8. The number of rotatable bonds is 4. The van der Waals surface area contributed by atoms with Gasteiger partial charge in [-0.05, 0) is 41.5 Å². The number of nitrogens with one attached hydrogen (secondary N) is 1. The number of benzene rings is 3. The standard InChI is InChI=1S/C23H15F6NO2/c24-22(25,26)16-11-17(23(27,28)29)13-18(12-16)30-21(32)19-10-15(8-9-20(19)31)7-6-14-4-2-1-3-5-14/h1-13,31H,(H,30,32). The van der Waals surface area contributed by atoms with Crippen molar-refractivity contribution < 1.29 is 36.2 Å². The average Bonchev–Trinajstić information content (AvgIpc) is 2.72. The Morgan fingerprint density at radius 3 is 1.88 bits per heavy atom. The first-order valence-corrected chi connectivity index (χ1v) is 9.10. The van der Waals surface area contributed by atoms with Crippen LogP contribution in [0.2, 0.25) is 0 Å². The number of hydrogen-bond acceptors (Lipinski definition) is 2. The van der Waals surface area contributed by atoms with E-state index in [1.165, 1.54) is 18.2 Å². The summed E-state index contributed by atoms with van der Waals surface area (Å²) in [4.78, 5) is 12.5. The highest BCUT2D eigenvalue weighted by atomic mass is 19.4. The summed E-state index contributed by atoms with van der Waals surface area (Å²) < 4.78 is 78.1. The van der Waals surface area contributed by atoms with Crippen molar-refractivity contribution in [1.29, 1.82) is 0 Å². The molecule has 3 aromatic carbocycles. The van der Waals surface area contributed by atoms with Gasteiger partial charge in [-0.15, -0.1) is 0 Å². The Hall–Kier alpha value is -3.75. The fourth-order valence-electron chi connectivity index (χ4n) is 2.82. The van der Waals surface area contributed by atoms with E-state index >= 15 is 0 Å². The molecule has 166 valence electrons. The molecule has 32 heavy (non-hydrogen) atoms. The summed E-state index contributed by atoms with van der Waals surface area (Å²) >= 11 is 0. The molecule has 0 unspecified atom stereocenters. The Kier molecular flexibility index (Phi) is 6.29. The van der Waals surface area contributed by atoms with Crippen LogP contribution >= 0.6 is 0 Å². The van der Waals surface area contributed by atoms with E-state index in [1.807, 2.05) is 35.6 Å². The lowest BCUT2D eigenvalue weighted by atomic mass is 10.1. The van der Waals surface area contributed by atoms with E-state index in [-0.39, 0.29) is 11.6 Å². The molecule has 0 heterocycles. The molecule has 0 aromatic heterocycles. The molecular formula is C23H15F6NO2. The van der Waals surface area contributed by atoms with Crippen LogP contribution in [0.1, 0.15) is 32.6 Å². The van der Waals surface area contributed by atoms with Gasteiger partial charge in [-0.3, -0.25) is 4.79 Å². The molecule has 3 rings (SSSR count). The lowest BCUT2D eigenvalue weighted by Gasteiger charge is -2.15. The summed E-state index contributed by atoms with van der Waals surface area (Å²) in [5.74, 6) is -1.55. The van der Waals surface area contributed by atoms with E-state index in [1.54, 1.807) is 12.2 Å². The minimum absolute atomic E-state index is 0.0396. The van der Waals surface area contributed by atoms with Crippen molar-refractivity contribution >= 4 is 23.7 Å². The van der Waals surface area contributed by atoms with Gasteiger partial charge in [-0.2, -0.15) is 26.3 Å². The number of anilines is 1. The van der Waals surface area contributed by atoms with Gasteiger partial charge in [-0.1, -0.05) is 48.6 Å². The van der Waals surface area contributed by atoms with Crippen LogP contribution in [-0.2, 0) is 12.4 Å². The van der Waals surface area contributed by atoms with Gasteiger partial charge in [0.1, 0.15) is 5.75 Å². The number of carbonyl (C=O) groups excluding carboxylic acids is 1. The van der Waals surface area contributed by atoms with Crippen LogP contribution in [0.3, 0.4) is 0 Å². The molecule has 0 radical (unpaired) electrons. The van der Waals surface area contributed by atoms with Crippen LogP contribution < -0.4 is 5.32 Å². The number of phenols is 1. The molecule has 2 N–H and O–H groups in total. The van der Waals surface area contributed by atoms with Gasteiger partial charge in [0.15, 0.2) is 0 Å². The van der Waals surface area contributed by atoms with Gasteiger partial charge in [-0.25, -0.2) is 0 Å². The summed E-state index contributed by atoms with van der Waals surface area (Å²) in [6.45, 7) is 0. The monoisotopic (exact) mass is 451 g/mol. The maximum absolute atomic E-state index is 13.0. The van der Waals surface area contributed by atoms with Crippen LogP contribution in [0.4, 0.5) is 32.0 Å². The first-order valence-electron chi connectivity index (χ1n) is 9.10. The SMILES string of the molecule is O=C(Nc1cc(C(F)(F)F)cc(C(F)(F)F)c1)c1cc(C=Cc2ccccc2)ccc1O. The highest BCUT2D eigenvalue weighted by Gasteiger charge is 2.37. The van der Waals surface area contributed by atoms with Crippen LogP contribution in [0.5, 0.6) is 5.75 Å². The van der Waals surface area contributed by atoms with E-state index in [4.69, 9.17) is 0 Å². The van der Waals surface area contributed by atoms with Gasteiger partial charge in [0, 0.05) is 5.69 Å². The van der Waals surface area contributed by atoms with Gasteiger partial charge >= 0.3 is 12.4 Å². The minimum atomic E-state index is -5.05. The Labute approximate surface area is 178 Å². The van der Waals surface area contributed by atoms with Crippen molar-refractivity contribution in [1.82, 2.24) is 0 Å². The molecule has 0 saturated heterocycles. The highest BCUT2D eigenvalue weighted by molar-refractivity contribution is 6.06. The average molecular weight is 451 g/mol. The van der Waals surface area contributed by atoms with Crippen molar-refractivity contribution in [3.8, 4) is 5.75 Å². The molecule has 0 aliphatic rings. The number of phenolic OH excluding ortho intramolecular Hbond substituents is 1. The summed E-state index contributed by atoms with van der Waals surface area (Å²) in [6.07, 6.45) is -6.73. The number of carbonyl (C=O) groups is 1. The zero-order chi connectivity index (χ0) is 23.5. The molecule has 0 saturated carbocycles. The van der Waals surface area contributed by atoms with Crippen LogP contribution in [0.25, 0.3) is 12.2 Å². The molecule has 0 bridgehead atoms. The zero-order valence-corrected chi connectivity index (χ0v) is 16.1. The van der Waals surface area contributed by atoms with Gasteiger partial charge in [0.2, 0.25) is 0 Å². The largest absolute Gasteiger partial charge is 0.507 e. The molecule has 0 atom stereocenters. The van der Waals surface area contributed by atoms with Gasteiger partial charge in [0.05, 0.1) is 16.7 Å². The lowest BCUT2D eigenvalue weighted by molar-refractivity contribution is -0.143. The Morgan fingerprint density at radius 2 is 1.31 bits per heavy atom.